The van der Waals surface area contributed by atoms with Gasteiger partial charge in [-0.1, -0.05) is 13.5 Å². The van der Waals surface area contributed by atoms with Crippen molar-refractivity contribution in [2.75, 3.05) is 0 Å². The van der Waals surface area contributed by atoms with Gasteiger partial charge in [0.05, 0.1) is 17.8 Å². The quantitative estimate of drug-likeness (QED) is 0.626. The van der Waals surface area contributed by atoms with E-state index in [1.807, 2.05) is 13.8 Å². The van der Waals surface area contributed by atoms with Crippen LogP contribution in [0.4, 0.5) is 0 Å². The SMILES string of the molecule is C=C1CC2C(C(C)(C)O)C[C@H](O)C2(C)CC[C@H]1O. The minimum atomic E-state index is -0.793. The molecule has 0 radical (unpaired) electrons. The molecule has 0 heterocycles. The van der Waals surface area contributed by atoms with Crippen LogP contribution in [-0.4, -0.2) is 33.1 Å². The summed E-state index contributed by atoms with van der Waals surface area (Å²) >= 11 is 0. The molecule has 5 atom stereocenters. The van der Waals surface area contributed by atoms with Gasteiger partial charge in [-0.3, -0.25) is 0 Å². The highest BCUT2D eigenvalue weighted by molar-refractivity contribution is 5.14. The van der Waals surface area contributed by atoms with Crippen molar-refractivity contribution in [1.29, 1.82) is 0 Å². The summed E-state index contributed by atoms with van der Waals surface area (Å²) in [6.45, 7) is 9.71. The predicted octanol–water partition coefficient (Wildman–Crippen LogP) is 1.86. The molecule has 0 aromatic rings. The maximum Gasteiger partial charge on any atom is 0.0747 e. The van der Waals surface area contributed by atoms with Crippen molar-refractivity contribution in [3.63, 3.8) is 0 Å². The van der Waals surface area contributed by atoms with Gasteiger partial charge in [0, 0.05) is 0 Å². The lowest BCUT2D eigenvalue weighted by Crippen LogP contribution is -2.38. The zero-order valence-corrected chi connectivity index (χ0v) is 11.7. The second kappa shape index (κ2) is 4.32. The Kier molecular flexibility index (Phi) is 3.37. The lowest BCUT2D eigenvalue weighted by Gasteiger charge is -2.38. The fourth-order valence-corrected chi connectivity index (χ4v) is 3.96. The molecule has 0 amide bonds. The van der Waals surface area contributed by atoms with E-state index in [1.165, 1.54) is 0 Å². The van der Waals surface area contributed by atoms with E-state index >= 15 is 0 Å². The van der Waals surface area contributed by atoms with Gasteiger partial charge >= 0.3 is 0 Å². The van der Waals surface area contributed by atoms with Gasteiger partial charge in [-0.05, 0) is 62.4 Å². The highest BCUT2D eigenvalue weighted by Crippen LogP contribution is 2.57. The standard InChI is InChI=1S/C15H26O3/c1-9-7-11-10(14(2,3)18)8-13(17)15(11,4)6-5-12(9)16/h10-13,16-18H,1,5-8H2,2-4H3/t10?,11?,12-,13+,15?/m1/s1. The molecule has 0 aromatic carbocycles. The first-order valence-electron chi connectivity index (χ1n) is 6.92. The van der Waals surface area contributed by atoms with Crippen molar-refractivity contribution in [2.24, 2.45) is 17.3 Å². The lowest BCUT2D eigenvalue weighted by atomic mass is 9.69. The molecule has 0 spiro atoms. The molecule has 3 unspecified atom stereocenters. The van der Waals surface area contributed by atoms with Crippen LogP contribution in [-0.2, 0) is 0 Å². The van der Waals surface area contributed by atoms with Gasteiger partial charge in [-0.2, -0.15) is 0 Å². The summed E-state index contributed by atoms with van der Waals surface area (Å²) in [6.07, 6.45) is 1.98. The topological polar surface area (TPSA) is 60.7 Å². The Morgan fingerprint density at radius 3 is 2.50 bits per heavy atom. The van der Waals surface area contributed by atoms with E-state index in [1.54, 1.807) is 0 Å². The monoisotopic (exact) mass is 254 g/mol. The fraction of sp³-hybridized carbons (Fsp3) is 0.867. The van der Waals surface area contributed by atoms with Crippen molar-refractivity contribution < 1.29 is 15.3 Å². The largest absolute Gasteiger partial charge is 0.393 e. The Labute approximate surface area is 110 Å². The molecule has 18 heavy (non-hydrogen) atoms. The van der Waals surface area contributed by atoms with Crippen LogP contribution >= 0.6 is 0 Å². The van der Waals surface area contributed by atoms with E-state index in [2.05, 4.69) is 13.5 Å². The maximum absolute atomic E-state index is 10.4. The molecule has 2 saturated carbocycles. The molecular weight excluding hydrogens is 228 g/mol. The van der Waals surface area contributed by atoms with Gasteiger partial charge < -0.3 is 15.3 Å². The first-order valence-corrected chi connectivity index (χ1v) is 6.92. The third-order valence-corrected chi connectivity index (χ3v) is 5.39. The summed E-state index contributed by atoms with van der Waals surface area (Å²) in [7, 11) is 0. The van der Waals surface area contributed by atoms with E-state index < -0.39 is 17.8 Å². The average Bonchev–Trinajstić information content (AvgIpc) is 2.43. The first-order chi connectivity index (χ1) is 8.16. The number of aliphatic hydroxyl groups excluding tert-OH is 2. The van der Waals surface area contributed by atoms with Gasteiger partial charge in [0.1, 0.15) is 0 Å². The van der Waals surface area contributed by atoms with Gasteiger partial charge in [0.25, 0.3) is 0 Å². The zero-order valence-electron chi connectivity index (χ0n) is 11.7. The molecule has 0 aliphatic heterocycles. The van der Waals surface area contributed by atoms with Crippen LogP contribution in [0, 0.1) is 17.3 Å². The van der Waals surface area contributed by atoms with Gasteiger partial charge in [-0.25, -0.2) is 0 Å². The molecule has 0 saturated heterocycles. The van der Waals surface area contributed by atoms with E-state index in [0.29, 0.717) is 19.3 Å². The zero-order chi connectivity index (χ0) is 13.7. The highest BCUT2D eigenvalue weighted by Gasteiger charge is 2.55. The van der Waals surface area contributed by atoms with Crippen LogP contribution < -0.4 is 0 Å². The molecule has 2 aliphatic carbocycles. The second-order valence-electron chi connectivity index (χ2n) is 7.04. The third-order valence-electron chi connectivity index (χ3n) is 5.39. The van der Waals surface area contributed by atoms with Crippen LogP contribution in [0.25, 0.3) is 0 Å². The van der Waals surface area contributed by atoms with E-state index in [9.17, 15) is 15.3 Å². The summed E-state index contributed by atoms with van der Waals surface area (Å²) in [5.74, 6) is 0.275. The normalized spacial score (nSPS) is 45.8. The minimum Gasteiger partial charge on any atom is -0.393 e. The highest BCUT2D eigenvalue weighted by atomic mass is 16.3. The minimum absolute atomic E-state index is 0.0690. The second-order valence-corrected chi connectivity index (χ2v) is 7.04. The van der Waals surface area contributed by atoms with Crippen molar-refractivity contribution >= 4 is 0 Å². The van der Waals surface area contributed by atoms with E-state index in [0.717, 1.165) is 12.0 Å². The van der Waals surface area contributed by atoms with Crippen LogP contribution in [0.3, 0.4) is 0 Å². The van der Waals surface area contributed by atoms with E-state index in [4.69, 9.17) is 0 Å². The van der Waals surface area contributed by atoms with Crippen molar-refractivity contribution in [3.8, 4) is 0 Å². The van der Waals surface area contributed by atoms with Crippen LogP contribution in [0.5, 0.6) is 0 Å². The van der Waals surface area contributed by atoms with Gasteiger partial charge in [0.2, 0.25) is 0 Å². The molecule has 104 valence electrons. The molecule has 3 nitrogen and oxygen atoms in total. The number of fused-ring (bicyclic) bond motifs is 1. The fourth-order valence-electron chi connectivity index (χ4n) is 3.96. The Morgan fingerprint density at radius 2 is 1.94 bits per heavy atom. The molecule has 3 heteroatoms. The van der Waals surface area contributed by atoms with Crippen LogP contribution in [0.15, 0.2) is 12.2 Å². The molecular formula is C15H26O3. The number of hydrogen-bond acceptors (Lipinski definition) is 3. The molecule has 2 rings (SSSR count). The lowest BCUT2D eigenvalue weighted by molar-refractivity contribution is -0.0160. The van der Waals surface area contributed by atoms with Gasteiger partial charge in [0.15, 0.2) is 0 Å². The molecule has 3 N–H and O–H groups in total. The summed E-state index contributed by atoms with van der Waals surface area (Å²) in [4.78, 5) is 0. The Hall–Kier alpha value is -0.380. The third kappa shape index (κ3) is 2.13. The molecule has 2 aliphatic rings. The van der Waals surface area contributed by atoms with Crippen LogP contribution in [0.2, 0.25) is 0 Å². The molecule has 0 bridgehead atoms. The molecule has 0 aromatic heterocycles. The van der Waals surface area contributed by atoms with E-state index in [-0.39, 0.29) is 17.3 Å². The molecule has 2 fully saturated rings. The van der Waals surface area contributed by atoms with Crippen molar-refractivity contribution in [1.82, 2.24) is 0 Å². The average molecular weight is 254 g/mol. The van der Waals surface area contributed by atoms with Gasteiger partial charge in [-0.15, -0.1) is 0 Å². The van der Waals surface area contributed by atoms with Crippen LogP contribution in [0.1, 0.15) is 46.5 Å². The predicted molar refractivity (Wildman–Crippen MR) is 71.0 cm³/mol. The summed E-state index contributed by atoms with van der Waals surface area (Å²) in [5, 5.41) is 30.7. The Bertz CT molecular complexity index is 344. The number of hydrogen-bond donors (Lipinski definition) is 3. The van der Waals surface area contributed by atoms with Crippen molar-refractivity contribution in [2.45, 2.75) is 64.3 Å². The summed E-state index contributed by atoms with van der Waals surface area (Å²) in [6, 6.07) is 0. The first kappa shape index (κ1) is 14.0. The number of aliphatic hydroxyl groups is 3. The Morgan fingerprint density at radius 1 is 1.33 bits per heavy atom. The Balaban J connectivity index is 2.34. The number of rotatable bonds is 1. The smallest absolute Gasteiger partial charge is 0.0747 e. The maximum atomic E-state index is 10.4. The summed E-state index contributed by atoms with van der Waals surface area (Å²) < 4.78 is 0. The summed E-state index contributed by atoms with van der Waals surface area (Å²) in [5.41, 5.74) is -0.142. The van der Waals surface area contributed by atoms with Crippen molar-refractivity contribution in [3.05, 3.63) is 12.2 Å².